The average molecular weight is 392 g/mol. The third kappa shape index (κ3) is 3.54. The van der Waals surface area contributed by atoms with Gasteiger partial charge in [-0.15, -0.1) is 0 Å². The Bertz CT molecular complexity index is 993. The van der Waals surface area contributed by atoms with Gasteiger partial charge in [0.25, 0.3) is 0 Å². The van der Waals surface area contributed by atoms with Crippen molar-refractivity contribution in [1.29, 1.82) is 0 Å². The molecule has 9 heteroatoms. The van der Waals surface area contributed by atoms with Gasteiger partial charge in [0, 0.05) is 24.2 Å². The number of hydrogen-bond acceptors (Lipinski definition) is 5. The summed E-state index contributed by atoms with van der Waals surface area (Å²) < 4.78 is 2.32. The summed E-state index contributed by atoms with van der Waals surface area (Å²) in [5, 5.41) is 4.89. The minimum absolute atomic E-state index is 0.240. The van der Waals surface area contributed by atoms with Gasteiger partial charge in [0.1, 0.15) is 6.54 Å². The van der Waals surface area contributed by atoms with Crippen LogP contribution in [0.2, 0.25) is 5.02 Å². The van der Waals surface area contributed by atoms with Gasteiger partial charge >= 0.3 is 11.1 Å². The molecule has 0 unspecified atom stereocenters. The topological polar surface area (TPSA) is 80.4 Å². The van der Waals surface area contributed by atoms with Gasteiger partial charge in [0.15, 0.2) is 5.82 Å². The Morgan fingerprint density at radius 2 is 1.85 bits per heavy atom. The van der Waals surface area contributed by atoms with Crippen LogP contribution >= 0.6 is 11.6 Å². The van der Waals surface area contributed by atoms with Crippen molar-refractivity contribution in [1.82, 2.24) is 19.2 Å². The predicted molar refractivity (Wildman–Crippen MR) is 104 cm³/mol. The number of carbonyl (C=O) groups is 1. The van der Waals surface area contributed by atoms with E-state index in [-0.39, 0.29) is 18.3 Å². The minimum atomic E-state index is -0.755. The predicted octanol–water partition coefficient (Wildman–Crippen LogP) is 1.04. The second-order valence-corrected chi connectivity index (χ2v) is 6.82. The van der Waals surface area contributed by atoms with E-state index in [0.29, 0.717) is 29.4 Å². The summed E-state index contributed by atoms with van der Waals surface area (Å²) in [4.78, 5) is 41.2. The number of fused-ring (bicyclic) bond motifs is 3. The lowest BCUT2D eigenvalue weighted by Gasteiger charge is -2.19. The third-order valence-corrected chi connectivity index (χ3v) is 5.12. The second kappa shape index (κ2) is 7.66. The molecule has 2 heterocycles. The Labute approximate surface area is 161 Å². The molecule has 8 nitrogen and oxygen atoms in total. The Hall–Kier alpha value is -2.45. The maximum absolute atomic E-state index is 12.7. The fourth-order valence-electron chi connectivity index (χ4n) is 3.16. The van der Waals surface area contributed by atoms with Crippen molar-refractivity contribution in [2.24, 2.45) is 0 Å². The number of rotatable bonds is 5. The SMILES string of the molecule is CCN(CC)CCn1nc2n(c(=O)c1=O)CC(=O)N(C)c1ccc(Cl)cc1-2. The number of aromatic nitrogens is 3. The molecule has 0 saturated heterocycles. The smallest absolute Gasteiger partial charge is 0.313 e. The maximum Gasteiger partial charge on any atom is 0.332 e. The molecule has 1 aromatic carbocycles. The molecule has 0 atom stereocenters. The highest BCUT2D eigenvalue weighted by Crippen LogP contribution is 2.33. The number of halogens is 1. The highest BCUT2D eigenvalue weighted by Gasteiger charge is 2.27. The van der Waals surface area contributed by atoms with Gasteiger partial charge in [0.2, 0.25) is 5.91 Å². The summed E-state index contributed by atoms with van der Waals surface area (Å²) in [6.45, 7) is 6.40. The van der Waals surface area contributed by atoms with Crippen LogP contribution in [0.5, 0.6) is 0 Å². The van der Waals surface area contributed by atoms with Crippen molar-refractivity contribution < 1.29 is 4.79 Å². The summed E-state index contributed by atoms with van der Waals surface area (Å²) >= 11 is 6.14. The molecule has 144 valence electrons. The van der Waals surface area contributed by atoms with Crippen molar-refractivity contribution >= 4 is 23.2 Å². The highest BCUT2D eigenvalue weighted by molar-refractivity contribution is 6.31. The lowest BCUT2D eigenvalue weighted by Crippen LogP contribution is -2.46. The van der Waals surface area contributed by atoms with Crippen LogP contribution in [0.3, 0.4) is 0 Å². The molecule has 0 fully saturated rings. The van der Waals surface area contributed by atoms with Gasteiger partial charge in [-0.3, -0.25) is 19.0 Å². The molecular formula is C18H22ClN5O3. The summed E-state index contributed by atoms with van der Waals surface area (Å²) in [6.07, 6.45) is 0. The molecule has 0 aliphatic carbocycles. The van der Waals surface area contributed by atoms with Gasteiger partial charge in [-0.1, -0.05) is 25.4 Å². The van der Waals surface area contributed by atoms with Crippen LogP contribution in [0, 0.1) is 0 Å². The van der Waals surface area contributed by atoms with E-state index in [2.05, 4.69) is 10.00 Å². The van der Waals surface area contributed by atoms with Crippen LogP contribution in [0.15, 0.2) is 27.8 Å². The number of carbonyl (C=O) groups excluding carboxylic acids is 1. The average Bonchev–Trinajstić information content (AvgIpc) is 2.76. The molecule has 1 aliphatic heterocycles. The molecule has 0 saturated carbocycles. The lowest BCUT2D eigenvalue weighted by atomic mass is 10.1. The largest absolute Gasteiger partial charge is 0.332 e. The molecule has 27 heavy (non-hydrogen) atoms. The molecule has 1 aromatic heterocycles. The van der Waals surface area contributed by atoms with E-state index in [9.17, 15) is 14.4 Å². The lowest BCUT2D eigenvalue weighted by molar-refractivity contribution is -0.118. The van der Waals surface area contributed by atoms with Crippen molar-refractivity contribution in [2.75, 3.05) is 31.6 Å². The van der Waals surface area contributed by atoms with Crippen molar-refractivity contribution in [3.8, 4) is 11.4 Å². The van der Waals surface area contributed by atoms with E-state index >= 15 is 0 Å². The van der Waals surface area contributed by atoms with Crippen molar-refractivity contribution in [3.05, 3.63) is 43.9 Å². The zero-order valence-electron chi connectivity index (χ0n) is 15.6. The van der Waals surface area contributed by atoms with Gasteiger partial charge in [0.05, 0.1) is 12.2 Å². The van der Waals surface area contributed by atoms with Crippen LogP contribution in [-0.4, -0.2) is 51.8 Å². The molecule has 0 N–H and O–H groups in total. The monoisotopic (exact) mass is 391 g/mol. The zero-order chi connectivity index (χ0) is 19.7. The number of amides is 1. The van der Waals surface area contributed by atoms with Gasteiger partial charge in [-0.05, 0) is 31.3 Å². The number of benzene rings is 1. The molecule has 1 amide bonds. The molecule has 2 aromatic rings. The Kier molecular flexibility index (Phi) is 5.48. The molecule has 3 rings (SSSR count). The quantitative estimate of drug-likeness (QED) is 0.711. The van der Waals surface area contributed by atoms with Crippen LogP contribution in [0.25, 0.3) is 11.4 Å². The van der Waals surface area contributed by atoms with E-state index in [0.717, 1.165) is 17.7 Å². The molecule has 0 bridgehead atoms. The van der Waals surface area contributed by atoms with Crippen LogP contribution < -0.4 is 16.0 Å². The summed E-state index contributed by atoms with van der Waals surface area (Å²) in [6, 6.07) is 5.04. The Morgan fingerprint density at radius 3 is 2.52 bits per heavy atom. The van der Waals surface area contributed by atoms with Crippen LogP contribution in [-0.2, 0) is 17.9 Å². The van der Waals surface area contributed by atoms with Crippen molar-refractivity contribution in [3.63, 3.8) is 0 Å². The standard InChI is InChI=1S/C18H22ClN5O3/c1-4-22(5-2)8-9-24-18(27)17(26)23-11-15(25)21(3)14-7-6-12(19)10-13(14)16(23)20-24/h6-7,10H,4-5,8-9,11H2,1-3H3. The normalized spacial score (nSPS) is 13.5. The zero-order valence-corrected chi connectivity index (χ0v) is 16.4. The summed E-state index contributed by atoms with van der Waals surface area (Å²) in [7, 11) is 1.62. The highest BCUT2D eigenvalue weighted by atomic mass is 35.5. The summed E-state index contributed by atoms with van der Waals surface area (Å²) in [5.74, 6) is -0.0316. The first-order valence-corrected chi connectivity index (χ1v) is 9.26. The number of hydrogen-bond donors (Lipinski definition) is 0. The van der Waals surface area contributed by atoms with E-state index in [1.54, 1.807) is 25.2 Å². The number of anilines is 1. The molecule has 0 spiro atoms. The Morgan fingerprint density at radius 1 is 1.15 bits per heavy atom. The van der Waals surface area contributed by atoms with E-state index < -0.39 is 11.1 Å². The molecular weight excluding hydrogens is 370 g/mol. The molecule has 0 radical (unpaired) electrons. The van der Waals surface area contributed by atoms with Crippen molar-refractivity contribution in [2.45, 2.75) is 26.9 Å². The fraction of sp³-hybridized carbons (Fsp3) is 0.444. The van der Waals surface area contributed by atoms with Crippen LogP contribution in [0.1, 0.15) is 13.8 Å². The maximum atomic E-state index is 12.7. The Balaban J connectivity index is 2.18. The fourth-order valence-corrected chi connectivity index (χ4v) is 3.34. The van der Waals surface area contributed by atoms with Crippen LogP contribution in [0.4, 0.5) is 5.69 Å². The third-order valence-electron chi connectivity index (χ3n) is 4.88. The summed E-state index contributed by atoms with van der Waals surface area (Å²) in [5.41, 5.74) is -0.345. The van der Waals surface area contributed by atoms with E-state index in [1.807, 2.05) is 13.8 Å². The van der Waals surface area contributed by atoms with E-state index in [4.69, 9.17) is 11.6 Å². The van der Waals surface area contributed by atoms with E-state index in [1.165, 1.54) is 9.58 Å². The molecule has 1 aliphatic rings. The first-order chi connectivity index (χ1) is 12.9. The van der Waals surface area contributed by atoms with Gasteiger partial charge < -0.3 is 9.80 Å². The second-order valence-electron chi connectivity index (χ2n) is 6.38. The number of likely N-dealkylation sites (N-methyl/N-ethyl adjacent to an activating group) is 2. The van der Waals surface area contributed by atoms with Gasteiger partial charge in [-0.2, -0.15) is 5.10 Å². The number of nitrogens with zero attached hydrogens (tertiary/aromatic N) is 5. The first kappa shape index (κ1) is 19.3. The first-order valence-electron chi connectivity index (χ1n) is 8.88. The van der Waals surface area contributed by atoms with Gasteiger partial charge in [-0.25, -0.2) is 4.68 Å². The minimum Gasteiger partial charge on any atom is -0.313 e.